The zero-order chi connectivity index (χ0) is 14.2. The second-order valence-electron chi connectivity index (χ2n) is 6.13. The summed E-state index contributed by atoms with van der Waals surface area (Å²) in [5, 5.41) is 2.41. The molecule has 106 valence electrons. The first-order valence-corrected chi connectivity index (χ1v) is 7.41. The van der Waals surface area contributed by atoms with E-state index in [9.17, 15) is 0 Å². The molecule has 1 fully saturated rings. The lowest BCUT2D eigenvalue weighted by Gasteiger charge is -2.42. The van der Waals surface area contributed by atoms with Crippen molar-refractivity contribution in [3.63, 3.8) is 0 Å². The lowest BCUT2D eigenvalue weighted by Crippen LogP contribution is -2.50. The molecule has 1 aliphatic carbocycles. The van der Waals surface area contributed by atoms with E-state index < -0.39 is 0 Å². The van der Waals surface area contributed by atoms with E-state index in [2.05, 4.69) is 48.2 Å². The standard InChI is InChI=1S/C17H23N3/c1-20(2)17(9-5-6-10-17)16(18)15-12-19-11-13-7-3-4-8-14(13)15/h3-4,7-8,11-12,16H,5-6,9-10,18H2,1-2H3. The van der Waals surface area contributed by atoms with Gasteiger partial charge in [0.15, 0.2) is 0 Å². The van der Waals surface area contributed by atoms with Crippen LogP contribution in [0, 0.1) is 0 Å². The van der Waals surface area contributed by atoms with Crippen LogP contribution in [0.1, 0.15) is 37.3 Å². The Morgan fingerprint density at radius 1 is 1.15 bits per heavy atom. The molecule has 0 amide bonds. The molecule has 1 aromatic carbocycles. The highest BCUT2D eigenvalue weighted by Gasteiger charge is 2.42. The van der Waals surface area contributed by atoms with Crippen LogP contribution in [0.2, 0.25) is 0 Å². The summed E-state index contributed by atoms with van der Waals surface area (Å²) in [6.45, 7) is 0. The number of nitrogens with zero attached hydrogens (tertiary/aromatic N) is 2. The summed E-state index contributed by atoms with van der Waals surface area (Å²) in [4.78, 5) is 6.72. The van der Waals surface area contributed by atoms with Crippen molar-refractivity contribution >= 4 is 10.8 Å². The van der Waals surface area contributed by atoms with Gasteiger partial charge in [0.2, 0.25) is 0 Å². The van der Waals surface area contributed by atoms with Gasteiger partial charge in [-0.15, -0.1) is 0 Å². The maximum Gasteiger partial charge on any atom is 0.0503 e. The highest BCUT2D eigenvalue weighted by Crippen LogP contribution is 2.43. The molecular weight excluding hydrogens is 246 g/mol. The third-order valence-electron chi connectivity index (χ3n) is 4.97. The first kappa shape index (κ1) is 13.5. The number of hydrogen-bond acceptors (Lipinski definition) is 3. The quantitative estimate of drug-likeness (QED) is 0.931. The summed E-state index contributed by atoms with van der Waals surface area (Å²) in [6.07, 6.45) is 8.75. The molecule has 1 saturated carbocycles. The van der Waals surface area contributed by atoms with Crippen molar-refractivity contribution in [2.75, 3.05) is 14.1 Å². The molecule has 3 heteroatoms. The molecule has 1 aromatic heterocycles. The van der Waals surface area contributed by atoms with E-state index in [1.54, 1.807) is 0 Å². The Morgan fingerprint density at radius 3 is 2.55 bits per heavy atom. The van der Waals surface area contributed by atoms with Crippen molar-refractivity contribution in [1.29, 1.82) is 0 Å². The van der Waals surface area contributed by atoms with Gasteiger partial charge in [0.1, 0.15) is 0 Å². The Bertz CT molecular complexity index is 595. The predicted octanol–water partition coefficient (Wildman–Crippen LogP) is 3.11. The Kier molecular flexibility index (Phi) is 3.48. The topological polar surface area (TPSA) is 42.1 Å². The third kappa shape index (κ3) is 2.02. The summed E-state index contributed by atoms with van der Waals surface area (Å²) in [7, 11) is 4.31. The lowest BCUT2D eigenvalue weighted by atomic mass is 9.82. The van der Waals surface area contributed by atoms with Crippen molar-refractivity contribution in [3.8, 4) is 0 Å². The minimum atomic E-state index is 0.0126. The number of hydrogen-bond donors (Lipinski definition) is 1. The van der Waals surface area contributed by atoms with Crippen LogP contribution in [0.3, 0.4) is 0 Å². The van der Waals surface area contributed by atoms with Crippen LogP contribution in [0.5, 0.6) is 0 Å². The molecule has 3 nitrogen and oxygen atoms in total. The maximum absolute atomic E-state index is 6.72. The van der Waals surface area contributed by atoms with Gasteiger partial charge in [-0.1, -0.05) is 37.1 Å². The highest BCUT2D eigenvalue weighted by atomic mass is 15.2. The molecule has 2 aromatic rings. The molecule has 3 rings (SSSR count). The van der Waals surface area contributed by atoms with E-state index in [0.717, 1.165) is 0 Å². The molecule has 0 radical (unpaired) electrons. The number of benzene rings is 1. The van der Waals surface area contributed by atoms with E-state index >= 15 is 0 Å². The highest BCUT2D eigenvalue weighted by molar-refractivity contribution is 5.85. The second-order valence-corrected chi connectivity index (χ2v) is 6.13. The molecule has 2 N–H and O–H groups in total. The molecule has 1 atom stereocenters. The second kappa shape index (κ2) is 5.15. The van der Waals surface area contributed by atoms with Gasteiger partial charge in [-0.25, -0.2) is 0 Å². The van der Waals surface area contributed by atoms with Crippen LogP contribution in [0.15, 0.2) is 36.7 Å². The maximum atomic E-state index is 6.72. The zero-order valence-corrected chi connectivity index (χ0v) is 12.3. The molecule has 20 heavy (non-hydrogen) atoms. The molecule has 0 bridgehead atoms. The van der Waals surface area contributed by atoms with Crippen LogP contribution in [-0.4, -0.2) is 29.5 Å². The average molecular weight is 269 g/mol. The lowest BCUT2D eigenvalue weighted by molar-refractivity contribution is 0.124. The molecular formula is C17H23N3. The van der Waals surface area contributed by atoms with Gasteiger partial charge in [0, 0.05) is 23.3 Å². The zero-order valence-electron chi connectivity index (χ0n) is 12.3. The molecule has 1 unspecified atom stereocenters. The van der Waals surface area contributed by atoms with Gasteiger partial charge >= 0.3 is 0 Å². The molecule has 0 spiro atoms. The Balaban J connectivity index is 2.10. The molecule has 1 aliphatic rings. The van der Waals surface area contributed by atoms with Crippen molar-refractivity contribution in [3.05, 3.63) is 42.2 Å². The Morgan fingerprint density at radius 2 is 1.85 bits per heavy atom. The van der Waals surface area contributed by atoms with Gasteiger partial charge in [0.05, 0.1) is 6.04 Å². The number of rotatable bonds is 3. The monoisotopic (exact) mass is 269 g/mol. The minimum absolute atomic E-state index is 0.0126. The largest absolute Gasteiger partial charge is 0.322 e. The Labute approximate surface area is 120 Å². The van der Waals surface area contributed by atoms with Gasteiger partial charge in [-0.2, -0.15) is 0 Å². The van der Waals surface area contributed by atoms with E-state index in [4.69, 9.17) is 5.73 Å². The van der Waals surface area contributed by atoms with Crippen LogP contribution < -0.4 is 5.73 Å². The number of fused-ring (bicyclic) bond motifs is 1. The summed E-state index contributed by atoms with van der Waals surface area (Å²) >= 11 is 0. The predicted molar refractivity (Wildman–Crippen MR) is 83.6 cm³/mol. The van der Waals surface area contributed by atoms with Gasteiger partial charge in [-0.05, 0) is 37.9 Å². The first-order valence-electron chi connectivity index (χ1n) is 7.41. The fourth-order valence-corrected chi connectivity index (χ4v) is 3.70. The Hall–Kier alpha value is -1.45. The average Bonchev–Trinajstić information content (AvgIpc) is 2.97. The van der Waals surface area contributed by atoms with Crippen molar-refractivity contribution in [2.45, 2.75) is 37.3 Å². The van der Waals surface area contributed by atoms with E-state index in [1.165, 1.54) is 42.0 Å². The van der Waals surface area contributed by atoms with Gasteiger partial charge in [-0.3, -0.25) is 4.98 Å². The van der Waals surface area contributed by atoms with Crippen LogP contribution >= 0.6 is 0 Å². The number of aromatic nitrogens is 1. The fraction of sp³-hybridized carbons (Fsp3) is 0.471. The molecule has 1 heterocycles. The molecule has 0 saturated heterocycles. The normalized spacial score (nSPS) is 19.6. The smallest absolute Gasteiger partial charge is 0.0503 e. The summed E-state index contributed by atoms with van der Waals surface area (Å²) in [5.74, 6) is 0. The van der Waals surface area contributed by atoms with Crippen molar-refractivity contribution in [1.82, 2.24) is 9.88 Å². The number of likely N-dealkylation sites (N-methyl/N-ethyl adjacent to an activating group) is 1. The van der Waals surface area contributed by atoms with Crippen LogP contribution in [0.4, 0.5) is 0 Å². The van der Waals surface area contributed by atoms with E-state index in [-0.39, 0.29) is 11.6 Å². The SMILES string of the molecule is CN(C)C1(C(N)c2cncc3ccccc23)CCCC1. The van der Waals surface area contributed by atoms with Gasteiger partial charge < -0.3 is 10.6 Å². The fourth-order valence-electron chi connectivity index (χ4n) is 3.70. The summed E-state index contributed by atoms with van der Waals surface area (Å²) in [6, 6.07) is 8.41. The van der Waals surface area contributed by atoms with E-state index in [1.807, 2.05) is 12.4 Å². The minimum Gasteiger partial charge on any atom is -0.322 e. The third-order valence-corrected chi connectivity index (χ3v) is 4.97. The van der Waals surface area contributed by atoms with E-state index in [0.29, 0.717) is 0 Å². The first-order chi connectivity index (χ1) is 9.65. The summed E-state index contributed by atoms with van der Waals surface area (Å²) < 4.78 is 0. The van der Waals surface area contributed by atoms with Crippen molar-refractivity contribution < 1.29 is 0 Å². The van der Waals surface area contributed by atoms with Crippen LogP contribution in [-0.2, 0) is 0 Å². The summed E-state index contributed by atoms with van der Waals surface area (Å²) in [5.41, 5.74) is 7.98. The number of pyridine rings is 1. The van der Waals surface area contributed by atoms with Crippen LogP contribution in [0.25, 0.3) is 10.8 Å². The number of nitrogens with two attached hydrogens (primary N) is 1. The van der Waals surface area contributed by atoms with Crippen molar-refractivity contribution in [2.24, 2.45) is 5.73 Å². The van der Waals surface area contributed by atoms with Gasteiger partial charge in [0.25, 0.3) is 0 Å². The molecule has 0 aliphatic heterocycles.